The van der Waals surface area contributed by atoms with Crippen molar-refractivity contribution in [3.63, 3.8) is 0 Å². The van der Waals surface area contributed by atoms with Gasteiger partial charge in [-0.2, -0.15) is 5.26 Å². The molecule has 1 aromatic rings. The third-order valence-electron chi connectivity index (χ3n) is 2.63. The Hall–Kier alpha value is -1.69. The zero-order valence-corrected chi connectivity index (χ0v) is 12.0. The molecule has 0 amide bonds. The van der Waals surface area contributed by atoms with E-state index in [9.17, 15) is 0 Å². The SMILES string of the molecule is CC(C)(C)CC(C)(C)Nc1ccc(N)c(C#N)c1. The maximum Gasteiger partial charge on any atom is 0.101 e. The molecule has 0 aliphatic rings. The van der Waals surface area contributed by atoms with Gasteiger partial charge in [0.25, 0.3) is 0 Å². The summed E-state index contributed by atoms with van der Waals surface area (Å²) >= 11 is 0. The van der Waals surface area contributed by atoms with Gasteiger partial charge in [0.2, 0.25) is 0 Å². The van der Waals surface area contributed by atoms with Gasteiger partial charge in [-0.25, -0.2) is 0 Å². The first-order valence-corrected chi connectivity index (χ1v) is 6.21. The largest absolute Gasteiger partial charge is 0.398 e. The van der Waals surface area contributed by atoms with E-state index in [-0.39, 0.29) is 11.0 Å². The van der Waals surface area contributed by atoms with Gasteiger partial charge in [-0.15, -0.1) is 0 Å². The number of nitrogens with zero attached hydrogens (tertiary/aromatic N) is 1. The average molecular weight is 245 g/mol. The molecule has 98 valence electrons. The number of nitriles is 1. The molecule has 18 heavy (non-hydrogen) atoms. The molecule has 0 spiro atoms. The summed E-state index contributed by atoms with van der Waals surface area (Å²) in [5, 5.41) is 12.4. The molecule has 3 N–H and O–H groups in total. The van der Waals surface area contributed by atoms with Crippen LogP contribution in [0, 0.1) is 16.7 Å². The van der Waals surface area contributed by atoms with Crippen LogP contribution in [0.1, 0.15) is 46.6 Å². The van der Waals surface area contributed by atoms with Crippen LogP contribution in [-0.2, 0) is 0 Å². The second kappa shape index (κ2) is 4.89. The van der Waals surface area contributed by atoms with Gasteiger partial charge in [0.1, 0.15) is 6.07 Å². The minimum Gasteiger partial charge on any atom is -0.398 e. The molecule has 0 bridgehead atoms. The normalized spacial score (nSPS) is 12.0. The minimum atomic E-state index is -0.0267. The lowest BCUT2D eigenvalue weighted by atomic mass is 9.81. The molecule has 0 fully saturated rings. The van der Waals surface area contributed by atoms with Crippen molar-refractivity contribution in [2.24, 2.45) is 5.41 Å². The Bertz CT molecular complexity index is 462. The van der Waals surface area contributed by atoms with E-state index in [1.54, 1.807) is 12.1 Å². The van der Waals surface area contributed by atoms with Crippen molar-refractivity contribution in [1.29, 1.82) is 5.26 Å². The molecule has 0 heterocycles. The van der Waals surface area contributed by atoms with E-state index in [0.717, 1.165) is 12.1 Å². The van der Waals surface area contributed by atoms with Gasteiger partial charge in [-0.05, 0) is 43.9 Å². The van der Waals surface area contributed by atoms with Crippen molar-refractivity contribution in [2.45, 2.75) is 46.6 Å². The smallest absolute Gasteiger partial charge is 0.101 e. The molecule has 1 rings (SSSR count). The number of nitrogens with two attached hydrogens (primary N) is 1. The van der Waals surface area contributed by atoms with E-state index >= 15 is 0 Å². The minimum absolute atomic E-state index is 0.0267. The second-order valence-electron chi connectivity index (χ2n) is 6.66. The Labute approximate surface area is 110 Å². The van der Waals surface area contributed by atoms with E-state index in [4.69, 9.17) is 11.0 Å². The fourth-order valence-corrected chi connectivity index (χ4v) is 2.49. The summed E-state index contributed by atoms with van der Waals surface area (Å²) in [6, 6.07) is 7.60. The van der Waals surface area contributed by atoms with Crippen molar-refractivity contribution in [3.8, 4) is 6.07 Å². The highest BCUT2D eigenvalue weighted by Crippen LogP contribution is 2.30. The van der Waals surface area contributed by atoms with E-state index in [1.807, 2.05) is 6.07 Å². The zero-order chi connectivity index (χ0) is 14.0. The number of nitrogen functional groups attached to an aromatic ring is 1. The first-order valence-electron chi connectivity index (χ1n) is 6.21. The monoisotopic (exact) mass is 245 g/mol. The van der Waals surface area contributed by atoms with Crippen LogP contribution in [0.25, 0.3) is 0 Å². The van der Waals surface area contributed by atoms with E-state index in [0.29, 0.717) is 11.3 Å². The van der Waals surface area contributed by atoms with Crippen molar-refractivity contribution in [2.75, 3.05) is 11.1 Å². The number of benzene rings is 1. The molecule has 0 aliphatic heterocycles. The van der Waals surface area contributed by atoms with Crippen LogP contribution in [0.3, 0.4) is 0 Å². The second-order valence-corrected chi connectivity index (χ2v) is 6.66. The lowest BCUT2D eigenvalue weighted by Gasteiger charge is -2.34. The Balaban J connectivity index is 2.88. The Morgan fingerprint density at radius 3 is 2.33 bits per heavy atom. The zero-order valence-electron chi connectivity index (χ0n) is 12.0. The van der Waals surface area contributed by atoms with Crippen molar-refractivity contribution >= 4 is 11.4 Å². The molecule has 0 radical (unpaired) electrons. The highest BCUT2D eigenvalue weighted by Gasteiger charge is 2.25. The Morgan fingerprint density at radius 2 is 1.83 bits per heavy atom. The number of nitrogens with one attached hydrogen (secondary N) is 1. The van der Waals surface area contributed by atoms with Crippen LogP contribution in [0.5, 0.6) is 0 Å². The summed E-state index contributed by atoms with van der Waals surface area (Å²) in [5.41, 5.74) is 7.93. The van der Waals surface area contributed by atoms with Crippen LogP contribution in [0.2, 0.25) is 0 Å². The van der Waals surface area contributed by atoms with E-state index in [1.165, 1.54) is 0 Å². The first-order chi connectivity index (χ1) is 8.13. The molecule has 0 atom stereocenters. The van der Waals surface area contributed by atoms with Crippen LogP contribution in [0.15, 0.2) is 18.2 Å². The maximum atomic E-state index is 8.97. The average Bonchev–Trinajstić information content (AvgIpc) is 2.16. The van der Waals surface area contributed by atoms with Crippen LogP contribution < -0.4 is 11.1 Å². The number of anilines is 2. The summed E-state index contributed by atoms with van der Waals surface area (Å²) in [6.07, 6.45) is 1.03. The van der Waals surface area contributed by atoms with Gasteiger partial charge in [0.05, 0.1) is 5.56 Å². The van der Waals surface area contributed by atoms with E-state index in [2.05, 4.69) is 46.0 Å². The quantitative estimate of drug-likeness (QED) is 0.797. The third-order valence-corrected chi connectivity index (χ3v) is 2.63. The van der Waals surface area contributed by atoms with Crippen molar-refractivity contribution < 1.29 is 0 Å². The molecule has 0 unspecified atom stereocenters. The molecule has 3 heteroatoms. The highest BCUT2D eigenvalue weighted by atomic mass is 15.0. The summed E-state index contributed by atoms with van der Waals surface area (Å²) in [5.74, 6) is 0. The number of hydrogen-bond donors (Lipinski definition) is 2. The number of hydrogen-bond acceptors (Lipinski definition) is 3. The standard InChI is InChI=1S/C15H23N3/c1-14(2,3)10-15(4,5)18-12-6-7-13(17)11(8-12)9-16/h6-8,18H,10,17H2,1-5H3. The third kappa shape index (κ3) is 4.29. The van der Waals surface area contributed by atoms with Crippen LogP contribution in [-0.4, -0.2) is 5.54 Å². The van der Waals surface area contributed by atoms with Crippen LogP contribution >= 0.6 is 0 Å². The van der Waals surface area contributed by atoms with Gasteiger partial charge in [0.15, 0.2) is 0 Å². The lowest BCUT2D eigenvalue weighted by molar-refractivity contribution is 0.302. The fraction of sp³-hybridized carbons (Fsp3) is 0.533. The molecule has 3 nitrogen and oxygen atoms in total. The van der Waals surface area contributed by atoms with Gasteiger partial charge in [-0.1, -0.05) is 20.8 Å². The van der Waals surface area contributed by atoms with Gasteiger partial charge < -0.3 is 11.1 Å². The van der Waals surface area contributed by atoms with Crippen LogP contribution in [0.4, 0.5) is 11.4 Å². The highest BCUT2D eigenvalue weighted by molar-refractivity contribution is 5.62. The first kappa shape index (κ1) is 14.4. The summed E-state index contributed by atoms with van der Waals surface area (Å²) in [4.78, 5) is 0. The fourth-order valence-electron chi connectivity index (χ4n) is 2.49. The predicted octanol–water partition coefficient (Wildman–Crippen LogP) is 3.77. The van der Waals surface area contributed by atoms with Gasteiger partial charge in [0, 0.05) is 16.9 Å². The molecule has 1 aromatic carbocycles. The topological polar surface area (TPSA) is 61.8 Å². The Morgan fingerprint density at radius 1 is 1.22 bits per heavy atom. The summed E-state index contributed by atoms with van der Waals surface area (Å²) in [7, 11) is 0. The molecule has 0 aromatic heterocycles. The van der Waals surface area contributed by atoms with E-state index < -0.39 is 0 Å². The number of rotatable bonds is 3. The Kier molecular flexibility index (Phi) is 3.91. The lowest BCUT2D eigenvalue weighted by Crippen LogP contribution is -2.35. The molecular weight excluding hydrogens is 222 g/mol. The molecular formula is C15H23N3. The summed E-state index contributed by atoms with van der Waals surface area (Å²) < 4.78 is 0. The molecule has 0 saturated carbocycles. The maximum absolute atomic E-state index is 8.97. The van der Waals surface area contributed by atoms with Gasteiger partial charge >= 0.3 is 0 Å². The summed E-state index contributed by atoms with van der Waals surface area (Å²) in [6.45, 7) is 11.0. The molecule has 0 saturated heterocycles. The van der Waals surface area contributed by atoms with Gasteiger partial charge in [-0.3, -0.25) is 0 Å². The van der Waals surface area contributed by atoms with Crippen molar-refractivity contribution in [3.05, 3.63) is 23.8 Å². The predicted molar refractivity (Wildman–Crippen MR) is 77.3 cm³/mol. The van der Waals surface area contributed by atoms with Crippen molar-refractivity contribution in [1.82, 2.24) is 0 Å². The molecule has 0 aliphatic carbocycles.